The Morgan fingerprint density at radius 3 is 2.50 bits per heavy atom. The van der Waals surface area contributed by atoms with Crippen molar-refractivity contribution in [2.75, 3.05) is 13.7 Å². The third-order valence-corrected chi connectivity index (χ3v) is 1.36. The highest BCUT2D eigenvalue weighted by Crippen LogP contribution is 2.05. The number of rotatable bonds is 5. The van der Waals surface area contributed by atoms with Crippen LogP contribution in [0.5, 0.6) is 0 Å². The van der Waals surface area contributed by atoms with Crippen LogP contribution in [0.4, 0.5) is 0 Å². The van der Waals surface area contributed by atoms with Crippen LogP contribution in [0, 0.1) is 0 Å². The highest BCUT2D eigenvalue weighted by Gasteiger charge is 2.04. The summed E-state index contributed by atoms with van der Waals surface area (Å²) < 4.78 is 4.44. The molecule has 0 aliphatic heterocycles. The minimum Gasteiger partial charge on any atom is -0.466 e. The van der Waals surface area contributed by atoms with E-state index in [0.29, 0.717) is 18.4 Å². The second-order valence-corrected chi connectivity index (χ2v) is 2.28. The summed E-state index contributed by atoms with van der Waals surface area (Å²) in [5.74, 6) is -0.358. The molecule has 0 saturated carbocycles. The number of aliphatic hydroxyl groups excluding tert-OH is 1. The van der Waals surface area contributed by atoms with Gasteiger partial charge in [0.05, 0.1) is 7.11 Å². The lowest BCUT2D eigenvalue weighted by Gasteiger charge is -2.01. The van der Waals surface area contributed by atoms with Crippen LogP contribution < -0.4 is 0 Å². The van der Waals surface area contributed by atoms with Gasteiger partial charge in [-0.2, -0.15) is 0 Å². The summed E-state index contributed by atoms with van der Waals surface area (Å²) in [5, 5.41) is 8.43. The van der Waals surface area contributed by atoms with Gasteiger partial charge in [-0.15, -0.1) is 0 Å². The fourth-order valence-corrected chi connectivity index (χ4v) is 0.697. The number of hydrogen-bond donors (Lipinski definition) is 1. The van der Waals surface area contributed by atoms with Gasteiger partial charge in [-0.1, -0.05) is 14.0 Å². The van der Waals surface area contributed by atoms with Crippen molar-refractivity contribution in [2.45, 2.75) is 26.7 Å². The third-order valence-electron chi connectivity index (χ3n) is 1.36. The molecule has 0 spiro atoms. The number of hydrogen-bond acceptors (Lipinski definition) is 3. The van der Waals surface area contributed by atoms with Gasteiger partial charge in [-0.05, 0) is 19.3 Å². The molecular formula is C9H18O3. The topological polar surface area (TPSA) is 46.5 Å². The quantitative estimate of drug-likeness (QED) is 0.390. The molecule has 0 radical (unpaired) electrons. The Labute approximate surface area is 74.0 Å². The van der Waals surface area contributed by atoms with Gasteiger partial charge in [-0.3, -0.25) is 0 Å². The lowest BCUT2D eigenvalue weighted by molar-refractivity contribution is -0.136. The molecule has 0 aromatic rings. The highest BCUT2D eigenvalue weighted by molar-refractivity contribution is 5.87. The van der Waals surface area contributed by atoms with Crippen molar-refractivity contribution in [3.63, 3.8) is 0 Å². The molecule has 0 unspecified atom stereocenters. The molecule has 0 fully saturated rings. The first-order valence-corrected chi connectivity index (χ1v) is 3.59. The molecule has 0 heterocycles. The second kappa shape index (κ2) is 8.27. The third kappa shape index (κ3) is 5.92. The zero-order chi connectivity index (χ0) is 8.69. The maximum absolute atomic E-state index is 10.7. The van der Waals surface area contributed by atoms with Crippen LogP contribution in [0.25, 0.3) is 0 Å². The SMILES string of the molecule is C.C=C(CCCCO)C(=O)OC. The van der Waals surface area contributed by atoms with Crippen molar-refractivity contribution < 1.29 is 14.6 Å². The van der Waals surface area contributed by atoms with E-state index in [9.17, 15) is 4.79 Å². The van der Waals surface area contributed by atoms with Crippen LogP contribution in [0.2, 0.25) is 0 Å². The van der Waals surface area contributed by atoms with Crippen LogP contribution in [0.1, 0.15) is 26.7 Å². The first kappa shape index (κ1) is 13.7. The Balaban J connectivity index is 0. The first-order valence-electron chi connectivity index (χ1n) is 3.59. The van der Waals surface area contributed by atoms with E-state index in [4.69, 9.17) is 5.11 Å². The summed E-state index contributed by atoms with van der Waals surface area (Å²) in [5.41, 5.74) is 0.473. The van der Waals surface area contributed by atoms with E-state index >= 15 is 0 Å². The first-order chi connectivity index (χ1) is 5.22. The molecule has 0 aromatic heterocycles. The van der Waals surface area contributed by atoms with Gasteiger partial charge in [0.2, 0.25) is 0 Å². The van der Waals surface area contributed by atoms with Crippen LogP contribution in [0.15, 0.2) is 12.2 Å². The summed E-state index contributed by atoms with van der Waals surface area (Å²) in [7, 11) is 1.33. The van der Waals surface area contributed by atoms with Gasteiger partial charge in [0, 0.05) is 12.2 Å². The van der Waals surface area contributed by atoms with Gasteiger partial charge in [0.25, 0.3) is 0 Å². The number of carbonyl (C=O) groups excluding carboxylic acids is 1. The number of methoxy groups -OCH3 is 1. The van der Waals surface area contributed by atoms with Crippen molar-refractivity contribution in [1.82, 2.24) is 0 Å². The fraction of sp³-hybridized carbons (Fsp3) is 0.667. The summed E-state index contributed by atoms with van der Waals surface area (Å²) in [4.78, 5) is 10.7. The Kier molecular flexibility index (Phi) is 9.47. The van der Waals surface area contributed by atoms with Gasteiger partial charge < -0.3 is 9.84 Å². The summed E-state index contributed by atoms with van der Waals surface area (Å²) in [6, 6.07) is 0. The van der Waals surface area contributed by atoms with Crippen LogP contribution in [0.3, 0.4) is 0 Å². The largest absolute Gasteiger partial charge is 0.466 e. The lowest BCUT2D eigenvalue weighted by Crippen LogP contribution is -2.03. The highest BCUT2D eigenvalue weighted by atomic mass is 16.5. The molecule has 3 nitrogen and oxygen atoms in total. The second-order valence-electron chi connectivity index (χ2n) is 2.28. The molecule has 1 N–H and O–H groups in total. The van der Waals surface area contributed by atoms with Crippen molar-refractivity contribution in [1.29, 1.82) is 0 Å². The monoisotopic (exact) mass is 174 g/mol. The predicted octanol–water partition coefficient (Wildman–Crippen LogP) is 1.51. The Morgan fingerprint density at radius 1 is 1.50 bits per heavy atom. The Morgan fingerprint density at radius 2 is 2.08 bits per heavy atom. The molecule has 0 amide bonds. The van der Waals surface area contributed by atoms with E-state index in [1.165, 1.54) is 7.11 Å². The molecule has 0 aliphatic carbocycles. The Hall–Kier alpha value is -0.830. The molecule has 0 bridgehead atoms. The average Bonchev–Trinajstić information content (AvgIpc) is 2.03. The van der Waals surface area contributed by atoms with Crippen molar-refractivity contribution in [3.8, 4) is 0 Å². The predicted molar refractivity (Wildman–Crippen MR) is 48.8 cm³/mol. The minimum atomic E-state index is -0.358. The minimum absolute atomic E-state index is 0. The number of unbranched alkanes of at least 4 members (excludes halogenated alkanes) is 1. The molecule has 0 saturated heterocycles. The van der Waals surface area contributed by atoms with Crippen molar-refractivity contribution in [3.05, 3.63) is 12.2 Å². The molecule has 0 aromatic carbocycles. The maximum Gasteiger partial charge on any atom is 0.333 e. The maximum atomic E-state index is 10.7. The number of ether oxygens (including phenoxy) is 1. The van der Waals surface area contributed by atoms with E-state index in [1.807, 2.05) is 0 Å². The molecule has 12 heavy (non-hydrogen) atoms. The molecule has 0 atom stereocenters. The molecule has 3 heteroatoms. The van der Waals surface area contributed by atoms with Crippen molar-refractivity contribution >= 4 is 5.97 Å². The van der Waals surface area contributed by atoms with E-state index in [0.717, 1.165) is 6.42 Å². The van der Waals surface area contributed by atoms with Gasteiger partial charge in [0.1, 0.15) is 0 Å². The van der Waals surface area contributed by atoms with Crippen LogP contribution >= 0.6 is 0 Å². The van der Waals surface area contributed by atoms with Gasteiger partial charge in [0.15, 0.2) is 0 Å². The molecule has 0 aliphatic rings. The lowest BCUT2D eigenvalue weighted by atomic mass is 10.1. The number of esters is 1. The normalized spacial score (nSPS) is 8.50. The summed E-state index contributed by atoms with van der Waals surface area (Å²) in [6.07, 6.45) is 2.09. The molecule has 72 valence electrons. The van der Waals surface area contributed by atoms with E-state index < -0.39 is 0 Å². The fourth-order valence-electron chi connectivity index (χ4n) is 0.697. The average molecular weight is 174 g/mol. The molecule has 0 rings (SSSR count). The standard InChI is InChI=1S/C8H14O3.CH4/c1-7(8(10)11-2)5-3-4-6-9;/h9H,1,3-6H2,2H3;1H4. The van der Waals surface area contributed by atoms with E-state index in [2.05, 4.69) is 11.3 Å². The van der Waals surface area contributed by atoms with Crippen LogP contribution in [-0.2, 0) is 9.53 Å². The van der Waals surface area contributed by atoms with Crippen molar-refractivity contribution in [2.24, 2.45) is 0 Å². The zero-order valence-corrected chi connectivity index (χ0v) is 6.80. The van der Waals surface area contributed by atoms with E-state index in [-0.39, 0.29) is 20.0 Å². The smallest absolute Gasteiger partial charge is 0.333 e. The van der Waals surface area contributed by atoms with Gasteiger partial charge in [-0.25, -0.2) is 4.79 Å². The van der Waals surface area contributed by atoms with Crippen LogP contribution in [-0.4, -0.2) is 24.8 Å². The summed E-state index contributed by atoms with van der Waals surface area (Å²) in [6.45, 7) is 3.70. The van der Waals surface area contributed by atoms with Gasteiger partial charge >= 0.3 is 5.97 Å². The summed E-state index contributed by atoms with van der Waals surface area (Å²) >= 11 is 0. The number of aliphatic hydroxyl groups is 1. The number of carbonyl (C=O) groups is 1. The zero-order valence-electron chi connectivity index (χ0n) is 6.80. The van der Waals surface area contributed by atoms with E-state index in [1.54, 1.807) is 0 Å². The Bertz CT molecular complexity index is 141. The molecular weight excluding hydrogens is 156 g/mol.